The maximum absolute atomic E-state index is 11.6. The highest BCUT2D eigenvalue weighted by Crippen LogP contribution is 2.22. The fourth-order valence-corrected chi connectivity index (χ4v) is 2.75. The average molecular weight is 356 g/mol. The molecule has 1 heterocycles. The number of piperazine rings is 1. The van der Waals surface area contributed by atoms with E-state index in [0.29, 0.717) is 19.6 Å². The van der Waals surface area contributed by atoms with E-state index < -0.39 is 6.09 Å². The van der Waals surface area contributed by atoms with Crippen LogP contribution >= 0.6 is 15.9 Å². The molecule has 1 unspecified atom stereocenters. The van der Waals surface area contributed by atoms with Gasteiger partial charge in [0, 0.05) is 43.3 Å². The Bertz CT molecular complexity index is 521. The van der Waals surface area contributed by atoms with E-state index in [-0.39, 0.29) is 18.4 Å². The number of anilines is 1. The van der Waals surface area contributed by atoms with Gasteiger partial charge in [0.2, 0.25) is 5.91 Å². The summed E-state index contributed by atoms with van der Waals surface area (Å²) >= 11 is 3.39. The zero-order chi connectivity index (χ0) is 15.4. The molecule has 0 aliphatic carbocycles. The molecule has 1 atom stereocenters. The summed E-state index contributed by atoms with van der Waals surface area (Å²) in [6.45, 7) is 1.53. The van der Waals surface area contributed by atoms with Gasteiger partial charge in [0.15, 0.2) is 0 Å². The molecule has 1 fully saturated rings. The van der Waals surface area contributed by atoms with Crippen molar-refractivity contribution in [3.8, 4) is 0 Å². The molecule has 0 radical (unpaired) electrons. The van der Waals surface area contributed by atoms with E-state index in [4.69, 9.17) is 0 Å². The first-order valence-corrected chi connectivity index (χ1v) is 7.51. The van der Waals surface area contributed by atoms with E-state index in [0.717, 1.165) is 10.2 Å². The molecule has 2 amide bonds. The first-order valence-electron chi connectivity index (χ1n) is 6.72. The van der Waals surface area contributed by atoms with Gasteiger partial charge >= 0.3 is 6.09 Å². The van der Waals surface area contributed by atoms with Crippen LogP contribution in [0.2, 0.25) is 0 Å². The second-order valence-electron chi connectivity index (χ2n) is 4.93. The van der Waals surface area contributed by atoms with E-state index in [1.807, 2.05) is 24.3 Å². The van der Waals surface area contributed by atoms with Crippen LogP contribution in [0.1, 0.15) is 6.42 Å². The first kappa shape index (κ1) is 15.6. The van der Waals surface area contributed by atoms with Crippen LogP contribution in [-0.4, -0.2) is 54.7 Å². The van der Waals surface area contributed by atoms with Gasteiger partial charge in [-0.2, -0.15) is 0 Å². The Morgan fingerprint density at radius 3 is 2.57 bits per heavy atom. The maximum atomic E-state index is 11.6. The monoisotopic (exact) mass is 355 g/mol. The molecule has 0 spiro atoms. The Balaban J connectivity index is 2.12. The molecule has 0 saturated carbocycles. The molecule has 2 N–H and O–H groups in total. The van der Waals surface area contributed by atoms with Crippen molar-refractivity contribution < 1.29 is 14.7 Å². The highest BCUT2D eigenvalue weighted by molar-refractivity contribution is 9.10. The van der Waals surface area contributed by atoms with Crippen molar-refractivity contribution in [1.29, 1.82) is 0 Å². The van der Waals surface area contributed by atoms with Crippen LogP contribution < -0.4 is 10.2 Å². The number of hydrogen-bond acceptors (Lipinski definition) is 3. The number of nitrogens with zero attached hydrogens (tertiary/aromatic N) is 2. The minimum Gasteiger partial charge on any atom is -0.465 e. The summed E-state index contributed by atoms with van der Waals surface area (Å²) in [7, 11) is 1.56. The van der Waals surface area contributed by atoms with Crippen molar-refractivity contribution in [2.24, 2.45) is 0 Å². The van der Waals surface area contributed by atoms with Gasteiger partial charge in [-0.05, 0) is 24.3 Å². The SMILES string of the molecule is CNC(=O)CC1CN(c2ccc(Br)cc2)CCN1C(=O)O. The molecule has 1 aliphatic rings. The van der Waals surface area contributed by atoms with E-state index >= 15 is 0 Å². The normalized spacial score (nSPS) is 18.5. The lowest BCUT2D eigenvalue weighted by Gasteiger charge is -2.40. The minimum absolute atomic E-state index is 0.149. The fraction of sp³-hybridized carbons (Fsp3) is 0.429. The molecule has 6 nitrogen and oxygen atoms in total. The lowest BCUT2D eigenvalue weighted by Crippen LogP contribution is -2.56. The molecule has 114 valence electrons. The number of rotatable bonds is 3. The van der Waals surface area contributed by atoms with Gasteiger partial charge in [-0.25, -0.2) is 4.79 Å². The number of benzene rings is 1. The maximum Gasteiger partial charge on any atom is 0.407 e. The molecular formula is C14H18BrN3O3. The van der Waals surface area contributed by atoms with E-state index in [1.54, 1.807) is 7.05 Å². The molecule has 7 heteroatoms. The highest BCUT2D eigenvalue weighted by atomic mass is 79.9. The average Bonchev–Trinajstić information content (AvgIpc) is 2.47. The van der Waals surface area contributed by atoms with Gasteiger partial charge in [0.05, 0.1) is 6.04 Å². The van der Waals surface area contributed by atoms with Gasteiger partial charge in [0.1, 0.15) is 0 Å². The first-order chi connectivity index (χ1) is 10.0. The highest BCUT2D eigenvalue weighted by Gasteiger charge is 2.31. The Labute approximate surface area is 131 Å². The third-order valence-corrected chi connectivity index (χ3v) is 4.15. The molecule has 21 heavy (non-hydrogen) atoms. The van der Waals surface area contributed by atoms with Gasteiger partial charge in [-0.15, -0.1) is 0 Å². The fourth-order valence-electron chi connectivity index (χ4n) is 2.48. The number of carboxylic acid groups (broad SMARTS) is 1. The van der Waals surface area contributed by atoms with Crippen molar-refractivity contribution in [1.82, 2.24) is 10.2 Å². The quantitative estimate of drug-likeness (QED) is 0.866. The topological polar surface area (TPSA) is 72.9 Å². The molecule has 1 saturated heterocycles. The van der Waals surface area contributed by atoms with Gasteiger partial charge in [-0.3, -0.25) is 4.79 Å². The third kappa shape index (κ3) is 3.87. The predicted molar refractivity (Wildman–Crippen MR) is 83.6 cm³/mol. The molecule has 1 aliphatic heterocycles. The minimum atomic E-state index is -0.973. The number of nitrogens with one attached hydrogen (secondary N) is 1. The van der Waals surface area contributed by atoms with Crippen LogP contribution in [0.5, 0.6) is 0 Å². The zero-order valence-electron chi connectivity index (χ0n) is 11.8. The predicted octanol–water partition coefficient (Wildman–Crippen LogP) is 1.75. The van der Waals surface area contributed by atoms with Crippen LogP contribution in [0.15, 0.2) is 28.7 Å². The number of carbonyl (C=O) groups is 2. The van der Waals surface area contributed by atoms with E-state index in [2.05, 4.69) is 26.1 Å². The van der Waals surface area contributed by atoms with Crippen LogP contribution in [0.4, 0.5) is 10.5 Å². The summed E-state index contributed by atoms with van der Waals surface area (Å²) in [5.74, 6) is -0.149. The van der Waals surface area contributed by atoms with E-state index in [9.17, 15) is 14.7 Å². The Morgan fingerprint density at radius 1 is 1.33 bits per heavy atom. The Hall–Kier alpha value is -1.76. The molecule has 1 aromatic carbocycles. The van der Waals surface area contributed by atoms with Crippen molar-refractivity contribution in [3.05, 3.63) is 28.7 Å². The zero-order valence-corrected chi connectivity index (χ0v) is 13.3. The summed E-state index contributed by atoms with van der Waals surface area (Å²) in [6, 6.07) is 7.54. The van der Waals surface area contributed by atoms with Gasteiger partial charge < -0.3 is 20.2 Å². The van der Waals surface area contributed by atoms with Crippen molar-refractivity contribution in [2.45, 2.75) is 12.5 Å². The number of amides is 2. The third-order valence-electron chi connectivity index (χ3n) is 3.62. The van der Waals surface area contributed by atoms with Gasteiger partial charge in [0.25, 0.3) is 0 Å². The smallest absolute Gasteiger partial charge is 0.407 e. The largest absolute Gasteiger partial charge is 0.465 e. The van der Waals surface area contributed by atoms with Crippen molar-refractivity contribution in [3.63, 3.8) is 0 Å². The van der Waals surface area contributed by atoms with Crippen LogP contribution in [0.3, 0.4) is 0 Å². The van der Waals surface area contributed by atoms with Crippen LogP contribution in [0, 0.1) is 0 Å². The molecule has 0 bridgehead atoms. The summed E-state index contributed by atoms with van der Waals surface area (Å²) in [6.07, 6.45) is -0.796. The summed E-state index contributed by atoms with van der Waals surface area (Å²) in [5.41, 5.74) is 1.03. The van der Waals surface area contributed by atoms with Crippen molar-refractivity contribution >= 4 is 33.6 Å². The molecular weight excluding hydrogens is 338 g/mol. The van der Waals surface area contributed by atoms with Crippen molar-refractivity contribution in [2.75, 3.05) is 31.6 Å². The standard InChI is InChI=1S/C14H18BrN3O3/c1-16-13(19)8-12-9-17(6-7-18(12)14(20)21)11-4-2-10(15)3-5-11/h2-5,12H,6-9H2,1H3,(H,16,19)(H,20,21). The Morgan fingerprint density at radius 2 is 2.00 bits per heavy atom. The van der Waals surface area contributed by atoms with Crippen LogP contribution in [-0.2, 0) is 4.79 Å². The van der Waals surface area contributed by atoms with Gasteiger partial charge in [-0.1, -0.05) is 15.9 Å². The second kappa shape index (κ2) is 6.80. The molecule has 2 rings (SSSR count). The number of halogens is 1. The lowest BCUT2D eigenvalue weighted by atomic mass is 10.1. The second-order valence-corrected chi connectivity index (χ2v) is 5.85. The molecule has 0 aromatic heterocycles. The lowest BCUT2D eigenvalue weighted by molar-refractivity contribution is -0.121. The number of hydrogen-bond donors (Lipinski definition) is 2. The Kier molecular flexibility index (Phi) is 5.06. The van der Waals surface area contributed by atoms with E-state index in [1.165, 1.54) is 4.90 Å². The summed E-state index contributed by atoms with van der Waals surface area (Å²) in [4.78, 5) is 26.3. The molecule has 1 aromatic rings. The van der Waals surface area contributed by atoms with Crippen LogP contribution in [0.25, 0.3) is 0 Å². The summed E-state index contributed by atoms with van der Waals surface area (Å²) < 4.78 is 0.998. The summed E-state index contributed by atoms with van der Waals surface area (Å²) in [5, 5.41) is 11.8. The number of carbonyl (C=O) groups excluding carboxylic acids is 1.